The number of aryl methyl sites for hydroxylation is 1. The molecule has 39 heavy (non-hydrogen) atoms. The van der Waals surface area contributed by atoms with E-state index < -0.39 is 5.97 Å². The summed E-state index contributed by atoms with van der Waals surface area (Å²) in [4.78, 5) is 20.6. The first kappa shape index (κ1) is 29.3. The predicted octanol–water partition coefficient (Wildman–Crippen LogP) is 1.06. The van der Waals surface area contributed by atoms with Gasteiger partial charge in [-0.3, -0.25) is 0 Å². The Morgan fingerprint density at radius 1 is 0.821 bits per heavy atom. The van der Waals surface area contributed by atoms with Crippen LogP contribution in [0.1, 0.15) is 36.0 Å². The van der Waals surface area contributed by atoms with Crippen LogP contribution in [0, 0.1) is 5.82 Å². The van der Waals surface area contributed by atoms with Crippen LogP contribution >= 0.6 is 0 Å². The number of rotatable bonds is 9. The number of anilines is 1. The number of hydrogen-bond acceptors (Lipinski definition) is 5. The maximum absolute atomic E-state index is 13.5. The van der Waals surface area contributed by atoms with E-state index >= 15 is 0 Å². The first-order chi connectivity index (χ1) is 18.5. The number of aliphatic carboxylic acids is 1. The second-order valence-corrected chi connectivity index (χ2v) is 10.1. The molecule has 1 fully saturated rings. The van der Waals surface area contributed by atoms with Crippen LogP contribution in [0.25, 0.3) is 11.0 Å². The van der Waals surface area contributed by atoms with E-state index in [1.807, 2.05) is 36.4 Å². The molecule has 6 nitrogen and oxygen atoms in total. The summed E-state index contributed by atoms with van der Waals surface area (Å²) in [6, 6.07) is 23.2. The Kier molecular flexibility index (Phi) is 10.6. The minimum atomic E-state index is -1.00. The molecule has 1 saturated heterocycles. The summed E-state index contributed by atoms with van der Waals surface area (Å²) in [5.41, 5.74) is 5.45. The third-order valence-corrected chi connectivity index (χ3v) is 7.33. The number of aromatic nitrogens is 2. The molecule has 0 bridgehead atoms. The van der Waals surface area contributed by atoms with Crippen molar-refractivity contribution >= 4 is 23.0 Å². The molecule has 1 aliphatic rings. The zero-order valence-electron chi connectivity index (χ0n) is 22.7. The number of fused-ring (bicyclic) bond motifs is 1. The third-order valence-electron chi connectivity index (χ3n) is 7.33. The van der Waals surface area contributed by atoms with Crippen molar-refractivity contribution in [2.24, 2.45) is 0 Å². The van der Waals surface area contributed by atoms with Crippen molar-refractivity contribution in [1.82, 2.24) is 14.5 Å². The molecule has 0 atom stereocenters. The molecule has 4 aromatic rings. The molecule has 2 heterocycles. The van der Waals surface area contributed by atoms with Crippen molar-refractivity contribution in [1.29, 1.82) is 0 Å². The first-order valence-electron chi connectivity index (χ1n) is 13.5. The van der Waals surface area contributed by atoms with Gasteiger partial charge in [-0.1, -0.05) is 48.5 Å². The third kappa shape index (κ3) is 7.92. The molecule has 1 aliphatic heterocycles. The molecule has 198 valence electrons. The van der Waals surface area contributed by atoms with Gasteiger partial charge < -0.3 is 24.3 Å². The smallest absolute Gasteiger partial charge is 0.550 e. The summed E-state index contributed by atoms with van der Waals surface area (Å²) < 4.78 is 15.7. The fourth-order valence-electron chi connectivity index (χ4n) is 5.26. The van der Waals surface area contributed by atoms with Crippen molar-refractivity contribution in [3.8, 4) is 0 Å². The molecular weight excluding hydrogens is 502 g/mol. The number of imidazole rings is 1. The van der Waals surface area contributed by atoms with E-state index in [1.54, 1.807) is 0 Å². The van der Waals surface area contributed by atoms with Gasteiger partial charge in [-0.15, -0.1) is 0 Å². The topological polar surface area (TPSA) is 64.4 Å². The van der Waals surface area contributed by atoms with Crippen LogP contribution in [0.3, 0.4) is 0 Å². The van der Waals surface area contributed by atoms with Crippen molar-refractivity contribution in [3.05, 3.63) is 95.3 Å². The standard InChI is InChI=1S/C31H35FN4O2.Na/c32-27-14-11-26(12-15-27)23-36-29-6-2-1-5-28(29)33-31(36)35-20-3-18-34(19-4-21-35)22-17-25-9-7-24(8-10-25)13-16-30(37)38;/h1-2,5-12,14-15H,3-4,13,16-23H2,(H,37,38);/q;+1/p-1. The number of carbonyl (C=O) groups excluding carboxylic acids is 1. The summed E-state index contributed by atoms with van der Waals surface area (Å²) >= 11 is 0. The van der Waals surface area contributed by atoms with Crippen LogP contribution in [0.2, 0.25) is 0 Å². The Morgan fingerprint density at radius 3 is 2.10 bits per heavy atom. The summed E-state index contributed by atoms with van der Waals surface area (Å²) in [5, 5.41) is 10.7. The summed E-state index contributed by atoms with van der Waals surface area (Å²) in [6.45, 7) is 5.63. The Balaban J connectivity index is 0.00000353. The number of benzene rings is 3. The molecule has 5 rings (SSSR count). The van der Waals surface area contributed by atoms with E-state index in [4.69, 9.17) is 4.98 Å². The van der Waals surface area contributed by atoms with Crippen LogP contribution < -0.4 is 39.6 Å². The van der Waals surface area contributed by atoms with Crippen molar-refractivity contribution < 1.29 is 43.8 Å². The zero-order valence-corrected chi connectivity index (χ0v) is 24.7. The van der Waals surface area contributed by atoms with Gasteiger partial charge in [0.2, 0.25) is 5.95 Å². The van der Waals surface area contributed by atoms with Crippen LogP contribution in [0.4, 0.5) is 10.3 Å². The zero-order chi connectivity index (χ0) is 26.3. The molecule has 0 saturated carbocycles. The van der Waals surface area contributed by atoms with E-state index in [-0.39, 0.29) is 41.8 Å². The van der Waals surface area contributed by atoms with Gasteiger partial charge in [-0.25, -0.2) is 9.37 Å². The Morgan fingerprint density at radius 2 is 1.44 bits per heavy atom. The fourth-order valence-corrected chi connectivity index (χ4v) is 5.26. The van der Waals surface area contributed by atoms with Gasteiger partial charge in [0.1, 0.15) is 5.82 Å². The number of carbonyl (C=O) groups is 1. The summed E-state index contributed by atoms with van der Waals surface area (Å²) in [6.07, 6.45) is 3.68. The minimum absolute atomic E-state index is 0. The molecule has 0 radical (unpaired) electrons. The van der Waals surface area contributed by atoms with Gasteiger partial charge in [0.25, 0.3) is 0 Å². The number of para-hydroxylation sites is 2. The van der Waals surface area contributed by atoms with Crippen LogP contribution in [-0.2, 0) is 24.2 Å². The maximum Gasteiger partial charge on any atom is 1.00 e. The number of halogens is 1. The van der Waals surface area contributed by atoms with Crippen molar-refractivity contribution in [3.63, 3.8) is 0 Å². The average Bonchev–Trinajstić information content (AvgIpc) is 3.27. The van der Waals surface area contributed by atoms with Gasteiger partial charge in [0, 0.05) is 25.6 Å². The van der Waals surface area contributed by atoms with Crippen molar-refractivity contribution in [2.75, 3.05) is 37.6 Å². The quantitative estimate of drug-likeness (QED) is 0.300. The maximum atomic E-state index is 13.5. The number of carboxylic acid groups (broad SMARTS) is 1. The Hall–Kier alpha value is -2.71. The van der Waals surface area contributed by atoms with Gasteiger partial charge in [0.15, 0.2) is 0 Å². The number of nitrogens with zero attached hydrogens (tertiary/aromatic N) is 4. The second kappa shape index (κ2) is 14.1. The number of hydrogen-bond donors (Lipinski definition) is 0. The molecule has 0 spiro atoms. The Labute approximate surface area is 251 Å². The van der Waals surface area contributed by atoms with E-state index in [1.165, 1.54) is 17.7 Å². The van der Waals surface area contributed by atoms with Gasteiger partial charge in [-0.2, -0.15) is 0 Å². The second-order valence-electron chi connectivity index (χ2n) is 10.1. The van der Waals surface area contributed by atoms with E-state index in [2.05, 4.69) is 38.6 Å². The summed E-state index contributed by atoms with van der Waals surface area (Å²) in [5.74, 6) is -0.235. The van der Waals surface area contributed by atoms with Crippen molar-refractivity contribution in [2.45, 2.75) is 38.6 Å². The van der Waals surface area contributed by atoms with E-state index in [9.17, 15) is 14.3 Å². The average molecular weight is 537 g/mol. The normalized spacial score (nSPS) is 14.5. The summed E-state index contributed by atoms with van der Waals surface area (Å²) in [7, 11) is 0. The molecule has 0 N–H and O–H groups in total. The molecule has 0 unspecified atom stereocenters. The van der Waals surface area contributed by atoms with Gasteiger partial charge in [-0.05, 0) is 86.1 Å². The fraction of sp³-hybridized carbons (Fsp3) is 0.355. The largest absolute Gasteiger partial charge is 1.00 e. The molecule has 1 aromatic heterocycles. The molecule has 0 amide bonds. The van der Waals surface area contributed by atoms with Crippen LogP contribution in [0.5, 0.6) is 0 Å². The predicted molar refractivity (Wildman–Crippen MR) is 147 cm³/mol. The molecular formula is C31H34FN4NaO2. The monoisotopic (exact) mass is 536 g/mol. The van der Waals surface area contributed by atoms with E-state index in [0.717, 1.165) is 80.1 Å². The molecule has 0 aliphatic carbocycles. The molecule has 3 aromatic carbocycles. The van der Waals surface area contributed by atoms with Gasteiger partial charge in [0.05, 0.1) is 17.6 Å². The van der Waals surface area contributed by atoms with Crippen LogP contribution in [-0.4, -0.2) is 53.1 Å². The van der Waals surface area contributed by atoms with Gasteiger partial charge >= 0.3 is 29.6 Å². The molecule has 8 heteroatoms. The van der Waals surface area contributed by atoms with E-state index in [0.29, 0.717) is 13.0 Å². The van der Waals surface area contributed by atoms with Crippen LogP contribution in [0.15, 0.2) is 72.8 Å². The minimum Gasteiger partial charge on any atom is -0.550 e. The number of carboxylic acids is 1. The Bertz CT molecular complexity index is 1350. The SMILES string of the molecule is O=C([O-])CCc1ccc(CCN2CCCN(c3nc4ccccc4n3Cc3ccc(F)cc3)CCC2)cc1.[Na+]. The first-order valence-corrected chi connectivity index (χ1v) is 13.5.